The van der Waals surface area contributed by atoms with Crippen LogP contribution in [0.5, 0.6) is 5.75 Å². The van der Waals surface area contributed by atoms with Crippen LogP contribution in [-0.4, -0.2) is 27.9 Å². The van der Waals surface area contributed by atoms with Crippen LogP contribution in [0.4, 0.5) is 5.13 Å². The summed E-state index contributed by atoms with van der Waals surface area (Å²) in [5.74, 6) is -0.934. The molecule has 1 aromatic heterocycles. The summed E-state index contributed by atoms with van der Waals surface area (Å²) in [5, 5.41) is 12.3. The molecule has 0 radical (unpaired) electrons. The van der Waals surface area contributed by atoms with Crippen molar-refractivity contribution in [2.45, 2.75) is 25.5 Å². The number of nitrogens with zero attached hydrogens (tertiary/aromatic N) is 2. The number of amides is 1. The largest absolute Gasteiger partial charge is 0.507 e. The molecule has 2 atom stereocenters. The van der Waals surface area contributed by atoms with E-state index < -0.39 is 17.7 Å². The van der Waals surface area contributed by atoms with Gasteiger partial charge in [0.15, 0.2) is 5.13 Å². The summed E-state index contributed by atoms with van der Waals surface area (Å²) < 4.78 is 6.56. The first-order valence-corrected chi connectivity index (χ1v) is 12.3. The minimum absolute atomic E-state index is 0.0328. The Balaban J connectivity index is 1.53. The Labute approximate surface area is 210 Å². The maximum Gasteiger partial charge on any atom is 0.301 e. The SMILES string of the molecule is C[C@@H]1Cc2cc(C(O)=C3C(=O)C(=O)N(c4nc5ccc(Cl)cc5s4)[C@H]3c3ccccc3)ccc2O1. The van der Waals surface area contributed by atoms with Crippen molar-refractivity contribution >= 4 is 55.7 Å². The lowest BCUT2D eigenvalue weighted by atomic mass is 9.94. The standard InChI is InChI=1S/C27H19ClN2O4S/c1-14-11-17-12-16(7-10-20(17)34-14)24(31)22-23(15-5-3-2-4-6-15)30(26(33)25(22)32)27-29-19-9-8-18(28)13-21(19)35-27/h2-10,12-14,23,31H,11H2,1H3/t14-,23+/m1/s1. The number of hydrogen-bond donors (Lipinski definition) is 1. The van der Waals surface area contributed by atoms with Gasteiger partial charge in [-0.2, -0.15) is 0 Å². The lowest BCUT2D eigenvalue weighted by Gasteiger charge is -2.23. The Hall–Kier alpha value is -3.68. The fourth-order valence-corrected chi connectivity index (χ4v) is 5.96. The van der Waals surface area contributed by atoms with E-state index in [4.69, 9.17) is 16.3 Å². The first kappa shape index (κ1) is 21.8. The number of aliphatic hydroxyl groups is 1. The normalized spacial score (nSPS) is 20.9. The molecule has 2 aliphatic heterocycles. The second kappa shape index (κ2) is 8.22. The molecule has 2 aliphatic rings. The average Bonchev–Trinajstić information content (AvgIpc) is 3.51. The van der Waals surface area contributed by atoms with Gasteiger partial charge < -0.3 is 9.84 Å². The van der Waals surface area contributed by atoms with Gasteiger partial charge in [0.1, 0.15) is 17.6 Å². The fourth-order valence-electron chi connectivity index (χ4n) is 4.69. The molecule has 1 amide bonds. The predicted octanol–water partition coefficient (Wildman–Crippen LogP) is 5.90. The van der Waals surface area contributed by atoms with Crippen LogP contribution in [0.15, 0.2) is 72.3 Å². The van der Waals surface area contributed by atoms with Crippen LogP contribution in [0.1, 0.15) is 29.7 Å². The lowest BCUT2D eigenvalue weighted by molar-refractivity contribution is -0.132. The maximum absolute atomic E-state index is 13.4. The maximum atomic E-state index is 13.4. The third-order valence-electron chi connectivity index (χ3n) is 6.27. The summed E-state index contributed by atoms with van der Waals surface area (Å²) in [6.07, 6.45) is 0.756. The van der Waals surface area contributed by atoms with E-state index >= 15 is 0 Å². The molecule has 8 heteroatoms. The van der Waals surface area contributed by atoms with Gasteiger partial charge in [-0.05, 0) is 54.4 Å². The molecule has 0 unspecified atom stereocenters. The molecule has 1 saturated heterocycles. The topological polar surface area (TPSA) is 79.7 Å². The Morgan fingerprint density at radius 3 is 2.71 bits per heavy atom. The quantitative estimate of drug-likeness (QED) is 0.214. The molecule has 3 aromatic carbocycles. The number of ether oxygens (including phenoxy) is 1. The smallest absolute Gasteiger partial charge is 0.301 e. The Bertz CT molecular complexity index is 1550. The van der Waals surface area contributed by atoms with Crippen molar-refractivity contribution in [2.24, 2.45) is 0 Å². The van der Waals surface area contributed by atoms with Crippen molar-refractivity contribution in [3.8, 4) is 5.75 Å². The van der Waals surface area contributed by atoms with Crippen molar-refractivity contribution in [1.82, 2.24) is 4.98 Å². The third kappa shape index (κ3) is 3.59. The number of carbonyl (C=O) groups excluding carboxylic acids is 2. The molecule has 4 aromatic rings. The Morgan fingerprint density at radius 2 is 1.91 bits per heavy atom. The Kier molecular flexibility index (Phi) is 5.12. The van der Waals surface area contributed by atoms with Crippen molar-refractivity contribution in [3.63, 3.8) is 0 Å². The van der Waals surface area contributed by atoms with Gasteiger partial charge in [0.25, 0.3) is 5.78 Å². The highest BCUT2D eigenvalue weighted by Gasteiger charge is 2.48. The number of aliphatic hydroxyl groups excluding tert-OH is 1. The number of anilines is 1. The van der Waals surface area contributed by atoms with Crippen LogP contribution in [0.3, 0.4) is 0 Å². The highest BCUT2D eigenvalue weighted by Crippen LogP contribution is 2.45. The van der Waals surface area contributed by atoms with Gasteiger partial charge in [-0.25, -0.2) is 4.98 Å². The van der Waals surface area contributed by atoms with E-state index in [1.807, 2.05) is 43.3 Å². The van der Waals surface area contributed by atoms with E-state index in [1.54, 1.807) is 30.3 Å². The average molecular weight is 503 g/mol. The van der Waals surface area contributed by atoms with E-state index in [1.165, 1.54) is 16.2 Å². The zero-order valence-corrected chi connectivity index (χ0v) is 20.1. The molecule has 6 nitrogen and oxygen atoms in total. The van der Waals surface area contributed by atoms with E-state index in [0.717, 1.165) is 16.0 Å². The minimum atomic E-state index is -0.823. The van der Waals surface area contributed by atoms with Gasteiger partial charge in [-0.3, -0.25) is 14.5 Å². The second-order valence-electron chi connectivity index (χ2n) is 8.64. The summed E-state index contributed by atoms with van der Waals surface area (Å²) in [4.78, 5) is 32.7. The molecule has 1 fully saturated rings. The molecule has 0 bridgehead atoms. The van der Waals surface area contributed by atoms with E-state index in [9.17, 15) is 14.7 Å². The molecular weight excluding hydrogens is 484 g/mol. The third-order valence-corrected chi connectivity index (χ3v) is 7.53. The monoisotopic (exact) mass is 502 g/mol. The molecular formula is C27H19ClN2O4S. The van der Waals surface area contributed by atoms with Crippen molar-refractivity contribution in [1.29, 1.82) is 0 Å². The number of rotatable bonds is 3. The molecule has 0 spiro atoms. The summed E-state index contributed by atoms with van der Waals surface area (Å²) in [6.45, 7) is 1.98. The zero-order chi connectivity index (χ0) is 24.3. The summed E-state index contributed by atoms with van der Waals surface area (Å²) >= 11 is 7.42. The van der Waals surface area contributed by atoms with Crippen molar-refractivity contribution < 1.29 is 19.4 Å². The fraction of sp³-hybridized carbons (Fsp3) is 0.148. The first-order valence-electron chi connectivity index (χ1n) is 11.1. The number of aromatic nitrogens is 1. The number of carbonyl (C=O) groups is 2. The second-order valence-corrected chi connectivity index (χ2v) is 10.1. The first-order chi connectivity index (χ1) is 16.9. The molecule has 3 heterocycles. The molecule has 6 rings (SSSR count). The van der Waals surface area contributed by atoms with Crippen LogP contribution in [0.2, 0.25) is 5.02 Å². The van der Waals surface area contributed by atoms with Crippen LogP contribution in [-0.2, 0) is 16.0 Å². The van der Waals surface area contributed by atoms with Crippen LogP contribution in [0, 0.1) is 0 Å². The number of fused-ring (bicyclic) bond motifs is 2. The van der Waals surface area contributed by atoms with Gasteiger partial charge in [0.05, 0.1) is 21.8 Å². The van der Waals surface area contributed by atoms with Gasteiger partial charge >= 0.3 is 5.91 Å². The van der Waals surface area contributed by atoms with Gasteiger partial charge in [-0.1, -0.05) is 53.3 Å². The lowest BCUT2D eigenvalue weighted by Crippen LogP contribution is -2.29. The number of ketones is 1. The van der Waals surface area contributed by atoms with Gasteiger partial charge in [0.2, 0.25) is 0 Å². The molecule has 1 N–H and O–H groups in total. The van der Waals surface area contributed by atoms with E-state index in [-0.39, 0.29) is 17.4 Å². The Morgan fingerprint density at radius 1 is 1.11 bits per heavy atom. The molecule has 35 heavy (non-hydrogen) atoms. The number of benzene rings is 3. The number of Topliss-reactive ketones (excluding diaryl/α,β-unsaturated/α-hetero) is 1. The summed E-state index contributed by atoms with van der Waals surface area (Å²) in [7, 11) is 0. The van der Waals surface area contributed by atoms with Crippen LogP contribution in [0.25, 0.3) is 16.0 Å². The zero-order valence-electron chi connectivity index (χ0n) is 18.6. The number of thiazole rings is 1. The molecule has 174 valence electrons. The van der Waals surface area contributed by atoms with Crippen molar-refractivity contribution in [3.05, 3.63) is 94.0 Å². The highest BCUT2D eigenvalue weighted by molar-refractivity contribution is 7.22. The minimum Gasteiger partial charge on any atom is -0.507 e. The van der Waals surface area contributed by atoms with Crippen LogP contribution >= 0.6 is 22.9 Å². The predicted molar refractivity (Wildman–Crippen MR) is 136 cm³/mol. The highest BCUT2D eigenvalue weighted by atomic mass is 35.5. The summed E-state index contributed by atoms with van der Waals surface area (Å²) in [5.41, 5.74) is 2.83. The van der Waals surface area contributed by atoms with E-state index in [0.29, 0.717) is 33.2 Å². The van der Waals surface area contributed by atoms with Gasteiger partial charge in [0, 0.05) is 17.0 Å². The summed E-state index contributed by atoms with van der Waals surface area (Å²) in [6, 6.07) is 19.0. The molecule has 0 aliphatic carbocycles. The van der Waals surface area contributed by atoms with Gasteiger partial charge in [-0.15, -0.1) is 0 Å². The van der Waals surface area contributed by atoms with Crippen LogP contribution < -0.4 is 9.64 Å². The molecule has 0 saturated carbocycles. The van der Waals surface area contributed by atoms with E-state index in [2.05, 4.69) is 4.98 Å². The number of halogens is 1. The van der Waals surface area contributed by atoms with Crippen molar-refractivity contribution in [2.75, 3.05) is 4.90 Å². The number of hydrogen-bond acceptors (Lipinski definition) is 6.